The highest BCUT2D eigenvalue weighted by atomic mass is 35.5. The molecule has 1 unspecified atom stereocenters. The lowest BCUT2D eigenvalue weighted by Gasteiger charge is -2.34. The van der Waals surface area contributed by atoms with Gasteiger partial charge in [-0.15, -0.1) is 0 Å². The number of carbonyl (C=O) groups is 1. The largest absolute Gasteiger partial charge is 0.435 e. The van der Waals surface area contributed by atoms with Gasteiger partial charge < -0.3 is 10.2 Å². The van der Waals surface area contributed by atoms with Crippen LogP contribution in [0.25, 0.3) is 0 Å². The smallest absolute Gasteiger partial charge is 0.374 e. The van der Waals surface area contributed by atoms with Gasteiger partial charge in [0.25, 0.3) is 5.60 Å². The standard InChI is InChI=1S/C23H17Cl3F6N2O2/c24-16-7-15(8-17(25)19(16)26)21(23(30,31)32)9-18(34-36-21)12-3-1-11(2-4-12)13-5-14(6-13)20(35)33-10-22(27,28)29/h1-4,7-8,13-14H,5-6,9-10H2,(H,33,35). The number of carbonyl (C=O) groups excluding carboxylic acids is 1. The molecule has 1 amide bonds. The summed E-state index contributed by atoms with van der Waals surface area (Å²) < 4.78 is 79.3. The van der Waals surface area contributed by atoms with Crippen LogP contribution in [0, 0.1) is 5.92 Å². The average Bonchev–Trinajstić information content (AvgIpc) is 3.22. The molecule has 1 saturated carbocycles. The first-order valence-corrected chi connectivity index (χ1v) is 11.7. The van der Waals surface area contributed by atoms with Crippen molar-refractivity contribution < 1.29 is 36.0 Å². The molecule has 4 nitrogen and oxygen atoms in total. The number of hydrogen-bond donors (Lipinski definition) is 1. The summed E-state index contributed by atoms with van der Waals surface area (Å²) in [6.07, 6.45) is -9.21. The molecule has 1 atom stereocenters. The summed E-state index contributed by atoms with van der Waals surface area (Å²) >= 11 is 17.8. The molecular weight excluding hydrogens is 557 g/mol. The van der Waals surface area contributed by atoms with Crippen LogP contribution in [-0.4, -0.2) is 30.5 Å². The molecule has 194 valence electrons. The lowest BCUT2D eigenvalue weighted by atomic mass is 9.71. The molecular formula is C23H17Cl3F6N2O2. The zero-order valence-electron chi connectivity index (χ0n) is 18.1. The van der Waals surface area contributed by atoms with Crippen LogP contribution >= 0.6 is 34.8 Å². The van der Waals surface area contributed by atoms with Crippen LogP contribution in [-0.2, 0) is 15.2 Å². The van der Waals surface area contributed by atoms with E-state index in [0.717, 1.165) is 17.7 Å². The van der Waals surface area contributed by atoms with Gasteiger partial charge in [-0.3, -0.25) is 4.79 Å². The predicted molar refractivity (Wildman–Crippen MR) is 122 cm³/mol. The number of nitrogens with zero attached hydrogens (tertiary/aromatic N) is 1. The van der Waals surface area contributed by atoms with Crippen LogP contribution in [0.2, 0.25) is 15.1 Å². The van der Waals surface area contributed by atoms with Crippen molar-refractivity contribution in [2.75, 3.05) is 6.54 Å². The van der Waals surface area contributed by atoms with Gasteiger partial charge in [0.1, 0.15) is 6.54 Å². The lowest BCUT2D eigenvalue weighted by molar-refractivity contribution is -0.275. The Morgan fingerprint density at radius 3 is 2.14 bits per heavy atom. The van der Waals surface area contributed by atoms with Crippen LogP contribution in [0.1, 0.15) is 41.9 Å². The summed E-state index contributed by atoms with van der Waals surface area (Å²) in [5, 5.41) is 5.18. The average molecular weight is 574 g/mol. The van der Waals surface area contributed by atoms with Crippen molar-refractivity contribution in [2.24, 2.45) is 11.1 Å². The molecule has 1 aliphatic carbocycles. The van der Waals surface area contributed by atoms with E-state index in [1.54, 1.807) is 24.3 Å². The Kier molecular flexibility index (Phi) is 7.18. The Bertz CT molecular complexity index is 1170. The van der Waals surface area contributed by atoms with E-state index in [9.17, 15) is 31.1 Å². The number of halogens is 9. The van der Waals surface area contributed by atoms with E-state index >= 15 is 0 Å². The fraction of sp³-hybridized carbons (Fsp3) is 0.391. The highest BCUT2D eigenvalue weighted by Crippen LogP contribution is 2.51. The first-order valence-electron chi connectivity index (χ1n) is 10.6. The number of oxime groups is 1. The molecule has 4 rings (SSSR count). The summed E-state index contributed by atoms with van der Waals surface area (Å²) in [6, 6.07) is 8.64. The molecule has 0 radical (unpaired) electrons. The number of hydrogen-bond acceptors (Lipinski definition) is 3. The first-order chi connectivity index (χ1) is 16.7. The fourth-order valence-electron chi connectivity index (χ4n) is 4.23. The topological polar surface area (TPSA) is 50.7 Å². The van der Waals surface area contributed by atoms with Crippen molar-refractivity contribution >= 4 is 46.4 Å². The highest BCUT2D eigenvalue weighted by Gasteiger charge is 2.62. The van der Waals surface area contributed by atoms with Crippen molar-refractivity contribution in [2.45, 2.75) is 43.1 Å². The second kappa shape index (κ2) is 9.61. The Balaban J connectivity index is 1.44. The third kappa shape index (κ3) is 5.26. The molecule has 0 aromatic heterocycles. The molecule has 13 heteroatoms. The Labute approximate surface area is 216 Å². The van der Waals surface area contributed by atoms with Crippen molar-refractivity contribution in [1.82, 2.24) is 5.32 Å². The van der Waals surface area contributed by atoms with Gasteiger partial charge in [0, 0.05) is 17.9 Å². The van der Waals surface area contributed by atoms with E-state index in [-0.39, 0.29) is 32.3 Å². The lowest BCUT2D eigenvalue weighted by Crippen LogP contribution is -2.42. The zero-order valence-corrected chi connectivity index (χ0v) is 20.4. The molecule has 1 heterocycles. The second-order valence-corrected chi connectivity index (χ2v) is 9.90. The summed E-state index contributed by atoms with van der Waals surface area (Å²) in [6.45, 7) is -1.38. The van der Waals surface area contributed by atoms with E-state index < -0.39 is 42.7 Å². The number of alkyl halides is 6. The maximum Gasteiger partial charge on any atom is 0.435 e. The molecule has 1 N–H and O–H groups in total. The van der Waals surface area contributed by atoms with E-state index in [4.69, 9.17) is 39.6 Å². The zero-order chi connectivity index (χ0) is 26.5. The molecule has 0 spiro atoms. The Morgan fingerprint density at radius 1 is 1.03 bits per heavy atom. The van der Waals surface area contributed by atoms with Crippen molar-refractivity contribution in [1.29, 1.82) is 0 Å². The molecule has 36 heavy (non-hydrogen) atoms. The van der Waals surface area contributed by atoms with Gasteiger partial charge in [-0.2, -0.15) is 26.3 Å². The molecule has 0 bridgehead atoms. The van der Waals surface area contributed by atoms with Gasteiger partial charge >= 0.3 is 12.4 Å². The number of rotatable bonds is 5. The van der Waals surface area contributed by atoms with Gasteiger partial charge in [-0.05, 0) is 42.0 Å². The van der Waals surface area contributed by atoms with Crippen LogP contribution in [0.4, 0.5) is 26.3 Å². The van der Waals surface area contributed by atoms with Gasteiger partial charge in [-0.1, -0.05) is 64.2 Å². The van der Waals surface area contributed by atoms with Gasteiger partial charge in [0.15, 0.2) is 0 Å². The van der Waals surface area contributed by atoms with Gasteiger partial charge in [-0.25, -0.2) is 0 Å². The molecule has 1 aliphatic heterocycles. The molecule has 0 saturated heterocycles. The number of benzene rings is 2. The third-order valence-corrected chi connectivity index (χ3v) is 7.52. The Hall–Kier alpha value is -2.17. The fourth-order valence-corrected chi connectivity index (χ4v) is 4.83. The molecule has 2 aromatic rings. The van der Waals surface area contributed by atoms with E-state index in [2.05, 4.69) is 5.16 Å². The minimum atomic E-state index is -4.85. The number of nitrogens with one attached hydrogen (secondary N) is 1. The minimum absolute atomic E-state index is 0.0462. The van der Waals surface area contributed by atoms with E-state index in [1.807, 2.05) is 5.32 Å². The van der Waals surface area contributed by atoms with E-state index in [0.29, 0.717) is 18.4 Å². The Morgan fingerprint density at radius 2 is 1.61 bits per heavy atom. The predicted octanol–water partition coefficient (Wildman–Crippen LogP) is 7.40. The van der Waals surface area contributed by atoms with Crippen molar-refractivity contribution in [3.8, 4) is 0 Å². The molecule has 1 fully saturated rings. The van der Waals surface area contributed by atoms with Gasteiger partial charge in [0.05, 0.1) is 20.8 Å². The summed E-state index contributed by atoms with van der Waals surface area (Å²) in [4.78, 5) is 16.8. The molecule has 2 aliphatic rings. The third-order valence-electron chi connectivity index (χ3n) is 6.32. The summed E-state index contributed by atoms with van der Waals surface area (Å²) in [5.74, 6) is -1.21. The van der Waals surface area contributed by atoms with Crippen LogP contribution in [0.3, 0.4) is 0 Å². The minimum Gasteiger partial charge on any atom is -0.374 e. The molecule has 2 aromatic carbocycles. The SMILES string of the molecule is O=C(NCC(F)(F)F)C1CC(c2ccc(C3=NOC(c4cc(Cl)c(Cl)c(Cl)c4)(C(F)(F)F)C3)cc2)C1. The number of amides is 1. The van der Waals surface area contributed by atoms with Crippen LogP contribution in [0.5, 0.6) is 0 Å². The van der Waals surface area contributed by atoms with Gasteiger partial charge in [0.2, 0.25) is 5.91 Å². The monoisotopic (exact) mass is 572 g/mol. The maximum atomic E-state index is 14.2. The quantitative estimate of drug-likeness (QED) is 0.299. The maximum absolute atomic E-state index is 14.2. The van der Waals surface area contributed by atoms with Crippen molar-refractivity contribution in [3.63, 3.8) is 0 Å². The van der Waals surface area contributed by atoms with E-state index in [1.165, 1.54) is 0 Å². The highest BCUT2D eigenvalue weighted by molar-refractivity contribution is 6.48. The van der Waals surface area contributed by atoms with Crippen molar-refractivity contribution in [3.05, 3.63) is 68.2 Å². The summed E-state index contributed by atoms with van der Waals surface area (Å²) in [5.41, 5.74) is -1.87. The van der Waals surface area contributed by atoms with Crippen LogP contribution in [0.15, 0.2) is 41.6 Å². The normalized spacial score (nSPS) is 24.1. The summed E-state index contributed by atoms with van der Waals surface area (Å²) in [7, 11) is 0. The first kappa shape index (κ1) is 26.9. The second-order valence-electron chi connectivity index (χ2n) is 8.70. The van der Waals surface area contributed by atoms with Crippen LogP contribution < -0.4 is 5.32 Å².